The van der Waals surface area contributed by atoms with E-state index in [1.165, 1.54) is 0 Å². The molecule has 0 aromatic heterocycles. The van der Waals surface area contributed by atoms with E-state index in [2.05, 4.69) is 16.6 Å². The number of hydrogen-bond donors (Lipinski definition) is 2. The maximum atomic E-state index is 11.7. The van der Waals surface area contributed by atoms with Crippen molar-refractivity contribution in [2.45, 2.75) is 18.1 Å². The van der Waals surface area contributed by atoms with Crippen LogP contribution in [0.5, 0.6) is 0 Å². The number of rotatable bonds is 5. The van der Waals surface area contributed by atoms with Crippen molar-refractivity contribution in [2.24, 2.45) is 0 Å². The van der Waals surface area contributed by atoms with E-state index in [-0.39, 0.29) is 11.2 Å². The van der Waals surface area contributed by atoms with Crippen molar-refractivity contribution in [1.29, 1.82) is 0 Å². The molecule has 1 aromatic carbocycles. The highest BCUT2D eigenvalue weighted by atomic mass is 32.2. The number of anilines is 2. The van der Waals surface area contributed by atoms with Gasteiger partial charge < -0.3 is 5.32 Å². The van der Waals surface area contributed by atoms with Crippen LogP contribution < -0.4 is 10.0 Å². The molecule has 1 aliphatic carbocycles. The molecule has 2 N–H and O–H groups in total. The molecule has 6 heteroatoms. The number of amides is 1. The summed E-state index contributed by atoms with van der Waals surface area (Å²) in [7, 11) is -3.27. The molecule has 1 saturated carbocycles. The van der Waals surface area contributed by atoms with Gasteiger partial charge in [0.2, 0.25) is 15.9 Å². The van der Waals surface area contributed by atoms with Gasteiger partial charge in [-0.05, 0) is 37.1 Å². The van der Waals surface area contributed by atoms with Crippen molar-refractivity contribution >= 4 is 27.3 Å². The molecular weight excluding hydrogens is 252 g/mol. The van der Waals surface area contributed by atoms with Gasteiger partial charge in [0.15, 0.2) is 0 Å². The summed E-state index contributed by atoms with van der Waals surface area (Å²) in [6, 6.07) is 6.56. The van der Waals surface area contributed by atoms with Crippen molar-refractivity contribution in [3.05, 3.63) is 36.9 Å². The second kappa shape index (κ2) is 4.81. The zero-order chi connectivity index (χ0) is 13.2. The van der Waals surface area contributed by atoms with Crippen LogP contribution in [-0.2, 0) is 14.8 Å². The summed E-state index contributed by atoms with van der Waals surface area (Å²) in [6.07, 6.45) is 2.57. The topological polar surface area (TPSA) is 75.3 Å². The van der Waals surface area contributed by atoms with Crippen LogP contribution in [-0.4, -0.2) is 19.6 Å². The average Bonchev–Trinajstić information content (AvgIpc) is 3.12. The number of hydrogen-bond acceptors (Lipinski definition) is 3. The van der Waals surface area contributed by atoms with Gasteiger partial charge in [0, 0.05) is 5.69 Å². The normalized spacial score (nSPS) is 14.9. The summed E-state index contributed by atoms with van der Waals surface area (Å²) in [5.41, 5.74) is 0.972. The maximum absolute atomic E-state index is 11.7. The number of sulfonamides is 1. The molecule has 1 fully saturated rings. The molecule has 1 aromatic rings. The summed E-state index contributed by atoms with van der Waals surface area (Å²) in [5, 5.41) is 2.30. The fourth-order valence-corrected chi connectivity index (χ4v) is 2.86. The molecular formula is C12H14N2O3S. The molecule has 0 heterocycles. The third-order valence-corrected chi connectivity index (χ3v) is 4.41. The van der Waals surface area contributed by atoms with Crippen LogP contribution >= 0.6 is 0 Å². The zero-order valence-electron chi connectivity index (χ0n) is 9.72. The van der Waals surface area contributed by atoms with Gasteiger partial charge in [-0.2, -0.15) is 0 Å². The van der Waals surface area contributed by atoms with E-state index in [9.17, 15) is 13.2 Å². The number of carbonyl (C=O) groups is 1. The second-order valence-electron chi connectivity index (χ2n) is 4.12. The van der Waals surface area contributed by atoms with Gasteiger partial charge in [-0.3, -0.25) is 9.52 Å². The van der Waals surface area contributed by atoms with Gasteiger partial charge in [0.25, 0.3) is 0 Å². The van der Waals surface area contributed by atoms with E-state index in [0.717, 1.165) is 6.08 Å². The van der Waals surface area contributed by atoms with E-state index in [0.29, 0.717) is 24.2 Å². The highest BCUT2D eigenvalue weighted by Crippen LogP contribution is 2.30. The summed E-state index contributed by atoms with van der Waals surface area (Å²) < 4.78 is 26.0. The van der Waals surface area contributed by atoms with Crippen LogP contribution in [0.2, 0.25) is 0 Å². The number of benzene rings is 1. The largest absolute Gasteiger partial charge is 0.322 e. The van der Waals surface area contributed by atoms with Crippen LogP contribution in [0, 0.1) is 0 Å². The molecule has 0 spiro atoms. The van der Waals surface area contributed by atoms with Gasteiger partial charge in [0.1, 0.15) is 0 Å². The smallest absolute Gasteiger partial charge is 0.247 e. The summed E-state index contributed by atoms with van der Waals surface area (Å²) in [4.78, 5) is 11.1. The van der Waals surface area contributed by atoms with Gasteiger partial charge >= 0.3 is 0 Å². The quantitative estimate of drug-likeness (QED) is 0.797. The van der Waals surface area contributed by atoms with Gasteiger partial charge in [-0.25, -0.2) is 8.42 Å². The lowest BCUT2D eigenvalue weighted by Gasteiger charge is -2.08. The molecule has 2 rings (SSSR count). The van der Waals surface area contributed by atoms with Gasteiger partial charge in [-0.15, -0.1) is 0 Å². The Morgan fingerprint density at radius 3 is 2.61 bits per heavy atom. The second-order valence-corrected chi connectivity index (χ2v) is 6.08. The molecule has 0 saturated heterocycles. The lowest BCUT2D eigenvalue weighted by atomic mass is 10.3. The minimum Gasteiger partial charge on any atom is -0.322 e. The Morgan fingerprint density at radius 1 is 1.33 bits per heavy atom. The van der Waals surface area contributed by atoms with Gasteiger partial charge in [0.05, 0.1) is 10.9 Å². The molecule has 5 nitrogen and oxygen atoms in total. The average molecular weight is 266 g/mol. The molecule has 0 bridgehead atoms. The Hall–Kier alpha value is -1.82. The van der Waals surface area contributed by atoms with Crippen molar-refractivity contribution in [1.82, 2.24) is 0 Å². The fraction of sp³-hybridized carbons (Fsp3) is 0.250. The van der Waals surface area contributed by atoms with E-state index in [4.69, 9.17) is 0 Å². The van der Waals surface area contributed by atoms with Crippen molar-refractivity contribution in [3.63, 3.8) is 0 Å². The maximum Gasteiger partial charge on any atom is 0.247 e. The molecule has 0 radical (unpaired) electrons. The first kappa shape index (κ1) is 12.6. The van der Waals surface area contributed by atoms with Crippen LogP contribution in [0.25, 0.3) is 0 Å². The Labute approximate surface area is 106 Å². The third kappa shape index (κ3) is 3.10. The Kier molecular flexibility index (Phi) is 3.38. The summed E-state index contributed by atoms with van der Waals surface area (Å²) in [6.45, 7) is 3.35. The lowest BCUT2D eigenvalue weighted by molar-refractivity contribution is -0.111. The number of carbonyl (C=O) groups excluding carboxylic acids is 1. The van der Waals surface area contributed by atoms with Crippen LogP contribution in [0.1, 0.15) is 12.8 Å². The first-order valence-corrected chi connectivity index (χ1v) is 7.11. The minimum atomic E-state index is -3.27. The summed E-state index contributed by atoms with van der Waals surface area (Å²) in [5.74, 6) is -0.336. The van der Waals surface area contributed by atoms with Crippen LogP contribution in [0.3, 0.4) is 0 Å². The monoisotopic (exact) mass is 266 g/mol. The Bertz CT molecular complexity index is 577. The third-order valence-electron chi connectivity index (χ3n) is 2.54. The minimum absolute atomic E-state index is 0.274. The SMILES string of the molecule is C=CC(=O)Nc1cccc(NS(=O)(=O)C2CC2)c1. The molecule has 0 unspecified atom stereocenters. The number of nitrogens with one attached hydrogen (secondary N) is 2. The molecule has 18 heavy (non-hydrogen) atoms. The van der Waals surface area contributed by atoms with E-state index < -0.39 is 10.0 Å². The lowest BCUT2D eigenvalue weighted by Crippen LogP contribution is -2.17. The Balaban J connectivity index is 2.12. The van der Waals surface area contributed by atoms with Crippen LogP contribution in [0.4, 0.5) is 11.4 Å². The zero-order valence-corrected chi connectivity index (χ0v) is 10.5. The first-order chi connectivity index (χ1) is 8.51. The molecule has 0 aliphatic heterocycles. The molecule has 96 valence electrons. The predicted molar refractivity (Wildman–Crippen MR) is 70.8 cm³/mol. The highest BCUT2D eigenvalue weighted by Gasteiger charge is 2.35. The molecule has 1 amide bonds. The molecule has 1 aliphatic rings. The van der Waals surface area contributed by atoms with Crippen molar-refractivity contribution in [2.75, 3.05) is 10.0 Å². The highest BCUT2D eigenvalue weighted by molar-refractivity contribution is 7.93. The van der Waals surface area contributed by atoms with E-state index in [1.54, 1.807) is 24.3 Å². The van der Waals surface area contributed by atoms with Gasteiger partial charge in [-0.1, -0.05) is 12.6 Å². The standard InChI is InChI=1S/C12H14N2O3S/c1-2-12(15)13-9-4-3-5-10(8-9)14-18(16,17)11-6-7-11/h2-5,8,11,14H,1,6-7H2,(H,13,15). The van der Waals surface area contributed by atoms with E-state index in [1.807, 2.05) is 0 Å². The Morgan fingerprint density at radius 2 is 2.00 bits per heavy atom. The molecule has 0 atom stereocenters. The first-order valence-electron chi connectivity index (χ1n) is 5.56. The fourth-order valence-electron chi connectivity index (χ4n) is 1.48. The van der Waals surface area contributed by atoms with E-state index >= 15 is 0 Å². The van der Waals surface area contributed by atoms with Crippen molar-refractivity contribution < 1.29 is 13.2 Å². The van der Waals surface area contributed by atoms with Crippen molar-refractivity contribution in [3.8, 4) is 0 Å². The van der Waals surface area contributed by atoms with Crippen LogP contribution in [0.15, 0.2) is 36.9 Å². The predicted octanol–water partition coefficient (Wildman–Crippen LogP) is 1.72. The summed E-state index contributed by atoms with van der Waals surface area (Å²) >= 11 is 0.